The molecule has 26 heavy (non-hydrogen) atoms. The Balaban J connectivity index is 1.61. The predicted octanol–water partition coefficient (Wildman–Crippen LogP) is 2.42. The molecule has 0 aliphatic carbocycles. The van der Waals surface area contributed by atoms with E-state index in [1.807, 2.05) is 17.5 Å². The van der Waals surface area contributed by atoms with Crippen LogP contribution in [-0.4, -0.2) is 59.6 Å². The predicted molar refractivity (Wildman–Crippen MR) is 103 cm³/mol. The molecular formula is C19H25N3O3S. The van der Waals surface area contributed by atoms with E-state index in [2.05, 4.69) is 17.4 Å². The summed E-state index contributed by atoms with van der Waals surface area (Å²) in [5.74, 6) is -0.126. The number of amides is 3. The molecule has 1 saturated heterocycles. The number of carbonyl (C=O) groups is 2. The minimum absolute atomic E-state index is 0.0400. The fourth-order valence-corrected chi connectivity index (χ4v) is 4.26. The summed E-state index contributed by atoms with van der Waals surface area (Å²) in [6.07, 6.45) is 1.26. The fraction of sp³-hybridized carbons (Fsp3) is 0.474. The zero-order valence-corrected chi connectivity index (χ0v) is 16.0. The number of rotatable bonds is 4. The number of nitrogens with one attached hydrogen (secondary N) is 1. The third-order valence-corrected chi connectivity index (χ3v) is 5.82. The highest BCUT2D eigenvalue weighted by Crippen LogP contribution is 2.26. The van der Waals surface area contributed by atoms with E-state index in [0.717, 1.165) is 5.56 Å². The van der Waals surface area contributed by atoms with Crippen LogP contribution in [0.25, 0.3) is 10.1 Å². The van der Waals surface area contributed by atoms with Crippen molar-refractivity contribution in [2.45, 2.75) is 31.4 Å². The maximum atomic E-state index is 12.6. The van der Waals surface area contributed by atoms with E-state index >= 15 is 0 Å². The Hall–Kier alpha value is -2.12. The fourth-order valence-electron chi connectivity index (χ4n) is 3.35. The van der Waals surface area contributed by atoms with Crippen LogP contribution in [0.3, 0.4) is 0 Å². The Morgan fingerprint density at radius 1 is 1.35 bits per heavy atom. The summed E-state index contributed by atoms with van der Waals surface area (Å²) in [6.45, 7) is 1.22. The minimum Gasteiger partial charge on any atom is -0.387 e. The van der Waals surface area contributed by atoms with E-state index in [4.69, 9.17) is 0 Å². The molecule has 1 unspecified atom stereocenters. The lowest BCUT2D eigenvalue weighted by Crippen LogP contribution is -2.54. The lowest BCUT2D eigenvalue weighted by molar-refractivity contribution is -0.135. The molecule has 2 N–H and O–H groups in total. The van der Waals surface area contributed by atoms with Crippen molar-refractivity contribution in [1.82, 2.24) is 15.1 Å². The summed E-state index contributed by atoms with van der Waals surface area (Å²) in [6, 6.07) is 7.93. The molecule has 1 fully saturated rings. The zero-order chi connectivity index (χ0) is 18.7. The van der Waals surface area contributed by atoms with Crippen LogP contribution in [0.5, 0.6) is 0 Å². The minimum atomic E-state index is -1.15. The van der Waals surface area contributed by atoms with Gasteiger partial charge < -0.3 is 20.2 Å². The van der Waals surface area contributed by atoms with E-state index in [1.165, 1.54) is 15.0 Å². The summed E-state index contributed by atoms with van der Waals surface area (Å²) >= 11 is 1.66. The summed E-state index contributed by atoms with van der Waals surface area (Å²) < 4.78 is 1.18. The van der Waals surface area contributed by atoms with Gasteiger partial charge in [-0.15, -0.1) is 11.3 Å². The van der Waals surface area contributed by atoms with E-state index in [0.29, 0.717) is 25.9 Å². The van der Waals surface area contributed by atoms with Gasteiger partial charge in [-0.2, -0.15) is 0 Å². The first kappa shape index (κ1) is 18.7. The molecule has 0 bridgehead atoms. The molecule has 3 rings (SSSR count). The number of urea groups is 1. The summed E-state index contributed by atoms with van der Waals surface area (Å²) in [5, 5.41) is 16.9. The van der Waals surface area contributed by atoms with Gasteiger partial charge in [0.2, 0.25) is 5.91 Å². The Morgan fingerprint density at radius 2 is 2.15 bits per heavy atom. The number of carbonyl (C=O) groups excluding carboxylic acids is 2. The number of hydrogen-bond donors (Lipinski definition) is 2. The SMILES string of the molecule is CN(C)C(=O)CC1(O)CCCN(C(=O)NCc2cccc3ccsc23)C1. The molecule has 1 aromatic carbocycles. The van der Waals surface area contributed by atoms with Crippen LogP contribution in [0.15, 0.2) is 29.6 Å². The van der Waals surface area contributed by atoms with E-state index < -0.39 is 5.60 Å². The number of benzene rings is 1. The molecule has 1 atom stereocenters. The Morgan fingerprint density at radius 3 is 2.92 bits per heavy atom. The average molecular weight is 375 g/mol. The van der Waals surface area contributed by atoms with Crippen LogP contribution in [0.2, 0.25) is 0 Å². The molecule has 7 heteroatoms. The van der Waals surface area contributed by atoms with Crippen molar-refractivity contribution in [3.8, 4) is 0 Å². The number of nitrogens with zero attached hydrogens (tertiary/aromatic N) is 2. The number of likely N-dealkylation sites (tertiary alicyclic amines) is 1. The molecule has 0 spiro atoms. The normalized spacial score (nSPS) is 20.2. The largest absolute Gasteiger partial charge is 0.387 e. The molecule has 1 aliphatic heterocycles. The second kappa shape index (κ2) is 7.63. The standard InChI is InChI=1S/C19H25N3O3S/c1-21(2)16(23)11-19(25)8-4-9-22(13-19)18(24)20-12-15-6-3-5-14-7-10-26-17(14)15/h3,5-7,10,25H,4,8-9,11-13H2,1-2H3,(H,20,24). The lowest BCUT2D eigenvalue weighted by atomic mass is 9.89. The first-order valence-electron chi connectivity index (χ1n) is 8.78. The van der Waals surface area contributed by atoms with Gasteiger partial charge in [0.15, 0.2) is 0 Å². The van der Waals surface area contributed by atoms with Crippen molar-refractivity contribution < 1.29 is 14.7 Å². The maximum Gasteiger partial charge on any atom is 0.317 e. The number of hydrogen-bond acceptors (Lipinski definition) is 4. The van der Waals surface area contributed by atoms with Gasteiger partial charge in [0.25, 0.3) is 0 Å². The summed E-state index contributed by atoms with van der Waals surface area (Å²) in [5.41, 5.74) is -0.0639. The highest BCUT2D eigenvalue weighted by molar-refractivity contribution is 7.17. The van der Waals surface area contributed by atoms with Crippen molar-refractivity contribution in [2.24, 2.45) is 0 Å². The van der Waals surface area contributed by atoms with Gasteiger partial charge in [0.05, 0.1) is 18.6 Å². The first-order chi connectivity index (χ1) is 12.4. The number of piperidine rings is 1. The molecule has 0 saturated carbocycles. The molecule has 2 aromatic rings. The van der Waals surface area contributed by atoms with Crippen LogP contribution in [-0.2, 0) is 11.3 Å². The number of fused-ring (bicyclic) bond motifs is 1. The molecule has 3 amide bonds. The summed E-state index contributed by atoms with van der Waals surface area (Å²) in [4.78, 5) is 27.6. The van der Waals surface area contributed by atoms with Gasteiger partial charge in [-0.1, -0.05) is 18.2 Å². The van der Waals surface area contributed by atoms with Crippen molar-refractivity contribution in [3.63, 3.8) is 0 Å². The van der Waals surface area contributed by atoms with Gasteiger partial charge >= 0.3 is 6.03 Å². The Bertz CT molecular complexity index is 804. The third-order valence-electron chi connectivity index (χ3n) is 4.81. The monoisotopic (exact) mass is 375 g/mol. The maximum absolute atomic E-state index is 12.6. The Kier molecular flexibility index (Phi) is 5.48. The van der Waals surface area contributed by atoms with Crippen LogP contribution in [0.1, 0.15) is 24.8 Å². The lowest BCUT2D eigenvalue weighted by Gasteiger charge is -2.39. The van der Waals surface area contributed by atoms with Crippen LogP contribution in [0, 0.1) is 0 Å². The van der Waals surface area contributed by atoms with E-state index in [9.17, 15) is 14.7 Å². The second-order valence-corrected chi connectivity index (χ2v) is 8.05. The zero-order valence-electron chi connectivity index (χ0n) is 15.2. The van der Waals surface area contributed by atoms with Crippen LogP contribution >= 0.6 is 11.3 Å². The molecule has 2 heterocycles. The van der Waals surface area contributed by atoms with Crippen molar-refractivity contribution in [3.05, 3.63) is 35.2 Å². The van der Waals surface area contributed by atoms with Gasteiger partial charge in [0, 0.05) is 31.9 Å². The van der Waals surface area contributed by atoms with E-state index in [1.54, 1.807) is 30.3 Å². The van der Waals surface area contributed by atoms with E-state index in [-0.39, 0.29) is 24.9 Å². The van der Waals surface area contributed by atoms with Crippen LogP contribution < -0.4 is 5.32 Å². The summed E-state index contributed by atoms with van der Waals surface area (Å²) in [7, 11) is 3.34. The van der Waals surface area contributed by atoms with Gasteiger partial charge in [-0.3, -0.25) is 4.79 Å². The van der Waals surface area contributed by atoms with Gasteiger partial charge in [-0.25, -0.2) is 4.79 Å². The molecule has 1 aliphatic rings. The molecule has 6 nitrogen and oxygen atoms in total. The number of aliphatic hydroxyl groups is 1. The number of thiophene rings is 1. The molecule has 1 aromatic heterocycles. The smallest absolute Gasteiger partial charge is 0.317 e. The quantitative estimate of drug-likeness (QED) is 0.862. The average Bonchev–Trinajstić information content (AvgIpc) is 3.08. The molecular weight excluding hydrogens is 350 g/mol. The number of β-amino-alcohol motifs (C(OH)–C–C–N with tert-alkyl or cyclic N) is 1. The van der Waals surface area contributed by atoms with Crippen LogP contribution in [0.4, 0.5) is 4.79 Å². The van der Waals surface area contributed by atoms with Crippen molar-refractivity contribution >= 4 is 33.4 Å². The second-order valence-electron chi connectivity index (χ2n) is 7.13. The Labute approximate surface area is 157 Å². The van der Waals surface area contributed by atoms with Gasteiger partial charge in [-0.05, 0) is 35.2 Å². The van der Waals surface area contributed by atoms with Gasteiger partial charge in [0.1, 0.15) is 0 Å². The molecule has 140 valence electrons. The topological polar surface area (TPSA) is 72.9 Å². The third kappa shape index (κ3) is 4.16. The highest BCUT2D eigenvalue weighted by Gasteiger charge is 2.37. The highest BCUT2D eigenvalue weighted by atomic mass is 32.1. The molecule has 0 radical (unpaired) electrons. The van der Waals surface area contributed by atoms with Crippen molar-refractivity contribution in [1.29, 1.82) is 0 Å². The first-order valence-corrected chi connectivity index (χ1v) is 9.66. The van der Waals surface area contributed by atoms with Crippen molar-refractivity contribution in [2.75, 3.05) is 27.2 Å².